The molecule has 1 fully saturated rings. The van der Waals surface area contributed by atoms with Crippen LogP contribution in [0.1, 0.15) is 29.3 Å². The van der Waals surface area contributed by atoms with E-state index in [0.717, 1.165) is 22.7 Å². The second-order valence-electron chi connectivity index (χ2n) is 8.63. The SMILES string of the molecule is COc1ccc2c(c1)OCC(C(=O)N1CC(c3cc(C)nc4ncnn34)CC(F)(P)C1)C2. The molecule has 8 nitrogen and oxygen atoms in total. The number of piperidine rings is 1. The minimum atomic E-state index is -1.59. The summed E-state index contributed by atoms with van der Waals surface area (Å²) in [4.78, 5) is 23.6. The van der Waals surface area contributed by atoms with Crippen molar-refractivity contribution >= 4 is 20.9 Å². The smallest absolute Gasteiger partial charge is 0.252 e. The fourth-order valence-corrected chi connectivity index (χ4v) is 5.20. The van der Waals surface area contributed by atoms with Crippen LogP contribution >= 0.6 is 9.24 Å². The zero-order valence-electron chi connectivity index (χ0n) is 18.0. The second-order valence-corrected chi connectivity index (χ2v) is 9.67. The summed E-state index contributed by atoms with van der Waals surface area (Å²) >= 11 is 0. The van der Waals surface area contributed by atoms with Gasteiger partial charge in [-0.3, -0.25) is 4.79 Å². The highest BCUT2D eigenvalue weighted by Gasteiger charge is 2.42. The molecule has 0 bridgehead atoms. The van der Waals surface area contributed by atoms with Gasteiger partial charge in [0.15, 0.2) is 0 Å². The molecule has 0 saturated carbocycles. The van der Waals surface area contributed by atoms with Crippen molar-refractivity contribution in [2.24, 2.45) is 5.92 Å². The quantitative estimate of drug-likeness (QED) is 0.563. The number of nitrogens with zero attached hydrogens (tertiary/aromatic N) is 5. The van der Waals surface area contributed by atoms with Crippen molar-refractivity contribution in [1.29, 1.82) is 0 Å². The standard InChI is InChI=1S/C22H25FN5O3P/c1-13-5-18(28-21(26-13)24-12-25-28)16-8-22(23,32)11-27(9-16)20(29)15-6-14-3-4-17(30-2)7-19(14)31-10-15/h3-5,7,12,15-16H,6,8-11,32H2,1-2H3. The first-order chi connectivity index (χ1) is 15.3. The van der Waals surface area contributed by atoms with Gasteiger partial charge in [-0.25, -0.2) is 13.9 Å². The third-order valence-electron chi connectivity index (χ3n) is 6.15. The molecule has 2 aliphatic rings. The van der Waals surface area contributed by atoms with Gasteiger partial charge in [0, 0.05) is 24.2 Å². The van der Waals surface area contributed by atoms with Gasteiger partial charge in [-0.2, -0.15) is 10.1 Å². The molecule has 1 saturated heterocycles. The molecular weight excluding hydrogens is 432 g/mol. The molecule has 32 heavy (non-hydrogen) atoms. The molecule has 0 aliphatic carbocycles. The number of benzene rings is 1. The summed E-state index contributed by atoms with van der Waals surface area (Å²) in [6.07, 6.45) is 2.26. The Morgan fingerprint density at radius 2 is 2.22 bits per heavy atom. The van der Waals surface area contributed by atoms with Crippen LogP contribution in [0, 0.1) is 12.8 Å². The lowest BCUT2D eigenvalue weighted by Gasteiger charge is -2.41. The van der Waals surface area contributed by atoms with Crippen LogP contribution in [0.3, 0.4) is 0 Å². The van der Waals surface area contributed by atoms with Crippen LogP contribution in [0.25, 0.3) is 5.78 Å². The number of amides is 1. The molecule has 0 N–H and O–H groups in total. The molecule has 3 aromatic rings. The summed E-state index contributed by atoms with van der Waals surface area (Å²) in [6, 6.07) is 7.51. The molecule has 4 atom stereocenters. The van der Waals surface area contributed by atoms with Gasteiger partial charge in [0.05, 0.1) is 25.3 Å². The number of methoxy groups -OCH3 is 1. The van der Waals surface area contributed by atoms with Crippen molar-refractivity contribution in [2.75, 3.05) is 26.8 Å². The molecule has 2 aliphatic heterocycles. The van der Waals surface area contributed by atoms with E-state index in [9.17, 15) is 4.79 Å². The number of aryl methyl sites for hydroxylation is 1. The molecule has 10 heteroatoms. The molecular formula is C22H25FN5O3P. The van der Waals surface area contributed by atoms with E-state index in [1.165, 1.54) is 6.33 Å². The van der Waals surface area contributed by atoms with Crippen molar-refractivity contribution in [1.82, 2.24) is 24.5 Å². The molecule has 0 radical (unpaired) electrons. The van der Waals surface area contributed by atoms with Gasteiger partial charge in [0.1, 0.15) is 29.8 Å². The first-order valence-electron chi connectivity index (χ1n) is 10.6. The lowest BCUT2D eigenvalue weighted by atomic mass is 9.90. The van der Waals surface area contributed by atoms with Crippen LogP contribution in [0.15, 0.2) is 30.6 Å². The third-order valence-corrected chi connectivity index (χ3v) is 6.57. The Morgan fingerprint density at radius 1 is 1.38 bits per heavy atom. The van der Waals surface area contributed by atoms with Crippen LogP contribution in [-0.4, -0.2) is 62.6 Å². The van der Waals surface area contributed by atoms with Gasteiger partial charge in [-0.05, 0) is 37.5 Å². The molecule has 5 rings (SSSR count). The van der Waals surface area contributed by atoms with Crippen molar-refractivity contribution in [2.45, 2.75) is 31.1 Å². The predicted octanol–water partition coefficient (Wildman–Crippen LogP) is 2.55. The first-order valence-corrected chi connectivity index (χ1v) is 11.1. The van der Waals surface area contributed by atoms with E-state index < -0.39 is 5.41 Å². The lowest BCUT2D eigenvalue weighted by Crippen LogP contribution is -2.51. The highest BCUT2D eigenvalue weighted by Crippen LogP contribution is 2.40. The maximum absolute atomic E-state index is 15.4. The fraction of sp³-hybridized carbons (Fsp3) is 0.455. The van der Waals surface area contributed by atoms with Gasteiger partial charge in [0.25, 0.3) is 5.78 Å². The molecule has 2 aromatic heterocycles. The third kappa shape index (κ3) is 3.90. The molecule has 168 valence electrons. The number of hydrogen-bond donors (Lipinski definition) is 0. The van der Waals surface area contributed by atoms with E-state index in [1.54, 1.807) is 16.5 Å². The fourth-order valence-electron chi connectivity index (χ4n) is 4.70. The number of alkyl halides is 1. The topological polar surface area (TPSA) is 81.9 Å². The number of halogens is 1. The lowest BCUT2D eigenvalue weighted by molar-refractivity contribution is -0.140. The minimum absolute atomic E-state index is 0.0313. The van der Waals surface area contributed by atoms with E-state index in [2.05, 4.69) is 24.3 Å². The normalized spacial score (nSPS) is 25.3. The molecule has 4 unspecified atom stereocenters. The van der Waals surface area contributed by atoms with E-state index in [-0.39, 0.29) is 37.3 Å². The van der Waals surface area contributed by atoms with E-state index >= 15 is 4.39 Å². The Hall–Kier alpha value is -2.80. The summed E-state index contributed by atoms with van der Waals surface area (Å²) in [7, 11) is 3.90. The molecule has 1 amide bonds. The van der Waals surface area contributed by atoms with E-state index in [1.807, 2.05) is 31.2 Å². The van der Waals surface area contributed by atoms with E-state index in [0.29, 0.717) is 24.5 Å². The van der Waals surface area contributed by atoms with Gasteiger partial charge in [0.2, 0.25) is 5.91 Å². The summed E-state index contributed by atoms with van der Waals surface area (Å²) in [5.74, 6) is 1.23. The number of fused-ring (bicyclic) bond motifs is 2. The van der Waals surface area contributed by atoms with Gasteiger partial charge < -0.3 is 14.4 Å². The predicted molar refractivity (Wildman–Crippen MR) is 119 cm³/mol. The Kier molecular flexibility index (Phi) is 5.24. The van der Waals surface area contributed by atoms with Crippen molar-refractivity contribution < 1.29 is 18.7 Å². The number of carbonyl (C=O) groups excluding carboxylic acids is 1. The average molecular weight is 457 g/mol. The van der Waals surface area contributed by atoms with Gasteiger partial charge in [-0.15, -0.1) is 0 Å². The largest absolute Gasteiger partial charge is 0.497 e. The number of likely N-dealkylation sites (tertiary alicyclic amines) is 1. The molecule has 1 aromatic carbocycles. The Bertz CT molecular complexity index is 1180. The Morgan fingerprint density at radius 3 is 3.03 bits per heavy atom. The van der Waals surface area contributed by atoms with Crippen LogP contribution in [-0.2, 0) is 11.2 Å². The zero-order valence-corrected chi connectivity index (χ0v) is 19.1. The highest BCUT2D eigenvalue weighted by atomic mass is 31.0. The summed E-state index contributed by atoms with van der Waals surface area (Å²) in [6.45, 7) is 2.57. The minimum Gasteiger partial charge on any atom is -0.497 e. The number of hydrogen-bond acceptors (Lipinski definition) is 6. The van der Waals surface area contributed by atoms with Crippen LogP contribution in [0.5, 0.6) is 11.5 Å². The maximum Gasteiger partial charge on any atom is 0.252 e. The number of aromatic nitrogens is 4. The van der Waals surface area contributed by atoms with E-state index in [4.69, 9.17) is 9.47 Å². The number of ether oxygens (including phenoxy) is 2. The molecule has 0 spiro atoms. The molecule has 4 heterocycles. The van der Waals surface area contributed by atoms with Gasteiger partial charge in [-0.1, -0.05) is 15.3 Å². The maximum atomic E-state index is 15.4. The zero-order chi connectivity index (χ0) is 22.5. The summed E-state index contributed by atoms with van der Waals surface area (Å²) < 4.78 is 28.1. The van der Waals surface area contributed by atoms with Crippen LogP contribution in [0.2, 0.25) is 0 Å². The first kappa shape index (κ1) is 21.1. The number of rotatable bonds is 3. The van der Waals surface area contributed by atoms with Crippen molar-refractivity contribution in [3.05, 3.63) is 47.5 Å². The number of carbonyl (C=O) groups is 1. The Labute approximate surface area is 187 Å². The Balaban J connectivity index is 1.39. The van der Waals surface area contributed by atoms with Crippen molar-refractivity contribution in [3.63, 3.8) is 0 Å². The van der Waals surface area contributed by atoms with Gasteiger partial charge >= 0.3 is 0 Å². The monoisotopic (exact) mass is 457 g/mol. The van der Waals surface area contributed by atoms with Crippen molar-refractivity contribution in [3.8, 4) is 11.5 Å². The van der Waals surface area contributed by atoms with Crippen LogP contribution < -0.4 is 9.47 Å². The average Bonchev–Trinajstić information content (AvgIpc) is 3.24. The summed E-state index contributed by atoms with van der Waals surface area (Å²) in [5, 5.41) is 2.67. The second kappa shape index (κ2) is 7.96. The highest BCUT2D eigenvalue weighted by molar-refractivity contribution is 7.18. The summed E-state index contributed by atoms with van der Waals surface area (Å²) in [5.41, 5.74) is 2.55. The van der Waals surface area contributed by atoms with Crippen LogP contribution in [0.4, 0.5) is 4.39 Å².